The van der Waals surface area contributed by atoms with Gasteiger partial charge in [-0.3, -0.25) is 9.59 Å². The quantitative estimate of drug-likeness (QED) is 0.869. The lowest BCUT2D eigenvalue weighted by Crippen LogP contribution is -2.40. The number of thiazole rings is 1. The van der Waals surface area contributed by atoms with Crippen molar-refractivity contribution in [2.45, 2.75) is 25.3 Å². The number of aromatic nitrogens is 1. The maximum absolute atomic E-state index is 12.3. The third-order valence-electron chi connectivity index (χ3n) is 4.22. The van der Waals surface area contributed by atoms with E-state index in [9.17, 15) is 14.7 Å². The van der Waals surface area contributed by atoms with E-state index in [0.29, 0.717) is 18.5 Å². The number of hydrogen-bond donors (Lipinski definition) is 2. The SMILES string of the molecule is COc1ccc(-c2nc(C(=O)N[C@@H]3CCC[C@@H]3C(=O)O)cs2)cc1. The molecular formula is C17H18N2O4S. The van der Waals surface area contributed by atoms with Crippen molar-refractivity contribution in [2.24, 2.45) is 5.92 Å². The number of carboxylic acids is 1. The van der Waals surface area contributed by atoms with Gasteiger partial charge in [-0.15, -0.1) is 11.3 Å². The lowest BCUT2D eigenvalue weighted by molar-refractivity contribution is -0.142. The standard InChI is InChI=1S/C17H18N2O4S/c1-23-11-7-5-10(6-8-11)16-19-14(9-24-16)15(20)18-13-4-2-3-12(13)17(21)22/h5-9,12-13H,2-4H2,1H3,(H,18,20)(H,21,22)/t12-,13+/m0/s1. The second kappa shape index (κ2) is 7.00. The number of hydrogen-bond acceptors (Lipinski definition) is 5. The highest BCUT2D eigenvalue weighted by Gasteiger charge is 2.34. The lowest BCUT2D eigenvalue weighted by Gasteiger charge is -2.16. The van der Waals surface area contributed by atoms with Crippen molar-refractivity contribution in [1.29, 1.82) is 0 Å². The molecule has 0 radical (unpaired) electrons. The number of methoxy groups -OCH3 is 1. The fourth-order valence-corrected chi connectivity index (χ4v) is 3.72. The predicted octanol–water partition coefficient (Wildman–Crippen LogP) is 2.80. The van der Waals surface area contributed by atoms with Crippen LogP contribution in [0.2, 0.25) is 0 Å². The maximum atomic E-state index is 12.3. The normalized spacial score (nSPS) is 19.9. The van der Waals surface area contributed by atoms with Crippen LogP contribution in [0.5, 0.6) is 5.75 Å². The van der Waals surface area contributed by atoms with E-state index < -0.39 is 11.9 Å². The smallest absolute Gasteiger partial charge is 0.308 e. The molecule has 0 saturated heterocycles. The molecule has 0 bridgehead atoms. The number of aliphatic carboxylic acids is 1. The molecule has 1 amide bonds. The van der Waals surface area contributed by atoms with Gasteiger partial charge in [0.2, 0.25) is 0 Å². The number of rotatable bonds is 5. The van der Waals surface area contributed by atoms with Crippen molar-refractivity contribution >= 4 is 23.2 Å². The molecule has 2 atom stereocenters. The molecule has 1 aromatic carbocycles. The van der Waals surface area contributed by atoms with Gasteiger partial charge in [0.25, 0.3) is 5.91 Å². The number of amides is 1. The van der Waals surface area contributed by atoms with Gasteiger partial charge in [0.1, 0.15) is 16.5 Å². The third kappa shape index (κ3) is 3.41. The summed E-state index contributed by atoms with van der Waals surface area (Å²) < 4.78 is 5.12. The molecule has 1 aliphatic carbocycles. The van der Waals surface area contributed by atoms with E-state index in [1.165, 1.54) is 11.3 Å². The second-order valence-electron chi connectivity index (χ2n) is 5.72. The van der Waals surface area contributed by atoms with E-state index >= 15 is 0 Å². The highest BCUT2D eigenvalue weighted by Crippen LogP contribution is 2.28. The molecule has 1 aromatic heterocycles. The Morgan fingerprint density at radius 1 is 1.29 bits per heavy atom. The minimum absolute atomic E-state index is 0.316. The number of nitrogens with one attached hydrogen (secondary N) is 1. The Morgan fingerprint density at radius 3 is 2.71 bits per heavy atom. The molecule has 6 nitrogen and oxygen atoms in total. The third-order valence-corrected chi connectivity index (χ3v) is 5.11. The summed E-state index contributed by atoms with van der Waals surface area (Å²) in [4.78, 5) is 27.9. The van der Waals surface area contributed by atoms with Gasteiger partial charge in [-0.1, -0.05) is 6.42 Å². The highest BCUT2D eigenvalue weighted by molar-refractivity contribution is 7.13. The minimum atomic E-state index is -0.852. The van der Waals surface area contributed by atoms with Gasteiger partial charge < -0.3 is 15.2 Å². The van der Waals surface area contributed by atoms with Crippen molar-refractivity contribution in [3.63, 3.8) is 0 Å². The number of benzene rings is 1. The fourth-order valence-electron chi connectivity index (χ4n) is 2.91. The van der Waals surface area contributed by atoms with E-state index in [2.05, 4.69) is 10.3 Å². The van der Waals surface area contributed by atoms with E-state index in [1.54, 1.807) is 12.5 Å². The van der Waals surface area contributed by atoms with Crippen molar-refractivity contribution in [2.75, 3.05) is 7.11 Å². The van der Waals surface area contributed by atoms with Gasteiger partial charge in [-0.05, 0) is 37.1 Å². The zero-order valence-electron chi connectivity index (χ0n) is 13.2. The van der Waals surface area contributed by atoms with Crippen LogP contribution in [-0.2, 0) is 4.79 Å². The second-order valence-corrected chi connectivity index (χ2v) is 6.58. The van der Waals surface area contributed by atoms with E-state index in [0.717, 1.165) is 22.7 Å². The molecule has 24 heavy (non-hydrogen) atoms. The topological polar surface area (TPSA) is 88.5 Å². The minimum Gasteiger partial charge on any atom is -0.497 e. The van der Waals surface area contributed by atoms with Crippen molar-refractivity contribution in [1.82, 2.24) is 10.3 Å². The van der Waals surface area contributed by atoms with Crippen LogP contribution in [0.1, 0.15) is 29.8 Å². The van der Waals surface area contributed by atoms with E-state index in [1.807, 2.05) is 24.3 Å². The predicted molar refractivity (Wildman–Crippen MR) is 90.3 cm³/mol. The summed E-state index contributed by atoms with van der Waals surface area (Å²) in [5.74, 6) is -0.915. The van der Waals surface area contributed by atoms with Crippen LogP contribution in [0.4, 0.5) is 0 Å². The van der Waals surface area contributed by atoms with E-state index in [4.69, 9.17) is 4.74 Å². The number of ether oxygens (including phenoxy) is 1. The molecule has 3 rings (SSSR count). The summed E-state index contributed by atoms with van der Waals surface area (Å²) in [6, 6.07) is 7.13. The average molecular weight is 346 g/mol. The van der Waals surface area contributed by atoms with Gasteiger partial charge in [0.05, 0.1) is 13.0 Å². The van der Waals surface area contributed by atoms with Crippen molar-refractivity contribution < 1.29 is 19.4 Å². The molecular weight excluding hydrogens is 328 g/mol. The molecule has 2 N–H and O–H groups in total. The van der Waals surface area contributed by atoms with Crippen LogP contribution < -0.4 is 10.1 Å². The summed E-state index contributed by atoms with van der Waals surface area (Å²) in [6.07, 6.45) is 2.11. The lowest BCUT2D eigenvalue weighted by atomic mass is 10.0. The molecule has 0 spiro atoms. The number of nitrogens with zero attached hydrogens (tertiary/aromatic N) is 1. The number of carbonyl (C=O) groups is 2. The number of carboxylic acid groups (broad SMARTS) is 1. The Balaban J connectivity index is 1.70. The van der Waals surface area contributed by atoms with Gasteiger partial charge in [-0.2, -0.15) is 0 Å². The van der Waals surface area contributed by atoms with Crippen LogP contribution in [0, 0.1) is 5.92 Å². The Labute approximate surface area is 143 Å². The van der Waals surface area contributed by atoms with E-state index in [-0.39, 0.29) is 11.9 Å². The van der Waals surface area contributed by atoms with Gasteiger partial charge in [0, 0.05) is 17.0 Å². The zero-order valence-corrected chi connectivity index (χ0v) is 14.0. The fraction of sp³-hybridized carbons (Fsp3) is 0.353. The van der Waals surface area contributed by atoms with Crippen LogP contribution in [0.25, 0.3) is 10.6 Å². The summed E-state index contributed by atoms with van der Waals surface area (Å²) in [5.41, 5.74) is 1.23. The monoisotopic (exact) mass is 346 g/mol. The summed E-state index contributed by atoms with van der Waals surface area (Å²) in [5, 5.41) is 14.4. The first kappa shape index (κ1) is 16.4. The first-order valence-corrected chi connectivity index (χ1v) is 8.60. The Bertz CT molecular complexity index is 741. The molecule has 0 unspecified atom stereocenters. The highest BCUT2D eigenvalue weighted by atomic mass is 32.1. The molecule has 1 aliphatic rings. The summed E-state index contributed by atoms with van der Waals surface area (Å²) in [7, 11) is 1.61. The van der Waals surface area contributed by atoms with Crippen LogP contribution in [0.3, 0.4) is 0 Å². The molecule has 0 aliphatic heterocycles. The first-order valence-electron chi connectivity index (χ1n) is 7.72. The first-order chi connectivity index (χ1) is 11.6. The van der Waals surface area contributed by atoms with Gasteiger partial charge in [-0.25, -0.2) is 4.98 Å². The molecule has 7 heteroatoms. The van der Waals surface area contributed by atoms with Crippen LogP contribution >= 0.6 is 11.3 Å². The number of carbonyl (C=O) groups excluding carboxylic acids is 1. The van der Waals surface area contributed by atoms with Crippen molar-refractivity contribution in [3.8, 4) is 16.3 Å². The largest absolute Gasteiger partial charge is 0.497 e. The summed E-state index contributed by atoms with van der Waals surface area (Å²) in [6.45, 7) is 0. The van der Waals surface area contributed by atoms with Crippen molar-refractivity contribution in [3.05, 3.63) is 35.3 Å². The molecule has 2 aromatic rings. The van der Waals surface area contributed by atoms with Gasteiger partial charge >= 0.3 is 5.97 Å². The Hall–Kier alpha value is -2.41. The van der Waals surface area contributed by atoms with Crippen LogP contribution in [0.15, 0.2) is 29.6 Å². The van der Waals surface area contributed by atoms with Crippen LogP contribution in [-0.4, -0.2) is 35.1 Å². The Morgan fingerprint density at radius 2 is 2.04 bits per heavy atom. The maximum Gasteiger partial charge on any atom is 0.308 e. The molecule has 1 saturated carbocycles. The molecule has 126 valence electrons. The molecule has 1 heterocycles. The molecule has 1 fully saturated rings. The Kier molecular flexibility index (Phi) is 4.80. The summed E-state index contributed by atoms with van der Waals surface area (Å²) >= 11 is 1.38. The average Bonchev–Trinajstić information content (AvgIpc) is 3.24. The van der Waals surface area contributed by atoms with Gasteiger partial charge in [0.15, 0.2) is 0 Å². The zero-order chi connectivity index (χ0) is 17.1.